The molecule has 1 amide bonds. The average Bonchev–Trinajstić information content (AvgIpc) is 2.69. The molecule has 0 atom stereocenters. The van der Waals surface area contributed by atoms with Gasteiger partial charge in [0.25, 0.3) is 5.91 Å². The number of anilines is 2. The topological polar surface area (TPSA) is 63.2 Å². The van der Waals surface area contributed by atoms with Crippen LogP contribution in [-0.4, -0.2) is 17.0 Å². The molecule has 0 saturated heterocycles. The van der Waals surface area contributed by atoms with E-state index in [1.807, 2.05) is 38.1 Å². The second-order valence-electron chi connectivity index (χ2n) is 6.91. The van der Waals surface area contributed by atoms with Crippen molar-refractivity contribution < 1.29 is 9.53 Å². The van der Waals surface area contributed by atoms with Gasteiger partial charge < -0.3 is 15.4 Å². The second kappa shape index (κ2) is 9.04. The van der Waals surface area contributed by atoms with E-state index in [1.165, 1.54) is 5.56 Å². The number of nitrogens with zero attached hydrogens (tertiary/aromatic N) is 1. The number of carbonyl (C=O) groups is 1. The van der Waals surface area contributed by atoms with Gasteiger partial charge in [0.2, 0.25) is 0 Å². The zero-order valence-electron chi connectivity index (χ0n) is 16.4. The lowest BCUT2D eigenvalue weighted by molar-refractivity contribution is 0.102. The predicted molar refractivity (Wildman–Crippen MR) is 113 cm³/mol. The maximum absolute atomic E-state index is 12.5. The van der Waals surface area contributed by atoms with Crippen LogP contribution in [0.3, 0.4) is 0 Å². The summed E-state index contributed by atoms with van der Waals surface area (Å²) in [4.78, 5) is 16.8. The van der Waals surface area contributed by atoms with Crippen LogP contribution in [0, 0.1) is 6.92 Å². The van der Waals surface area contributed by atoms with E-state index in [-0.39, 0.29) is 12.0 Å². The van der Waals surface area contributed by atoms with Crippen molar-refractivity contribution in [3.05, 3.63) is 83.6 Å². The molecule has 0 unspecified atom stereocenters. The Kier molecular flexibility index (Phi) is 6.27. The molecule has 0 aliphatic rings. The summed E-state index contributed by atoms with van der Waals surface area (Å²) in [5, 5.41) is 6.15. The molecule has 0 bridgehead atoms. The Balaban J connectivity index is 1.60. The first-order chi connectivity index (χ1) is 13.5. The van der Waals surface area contributed by atoms with Gasteiger partial charge in [0.15, 0.2) is 0 Å². The number of benzene rings is 2. The van der Waals surface area contributed by atoms with Crippen LogP contribution in [0.4, 0.5) is 11.5 Å². The fraction of sp³-hybridized carbons (Fsp3) is 0.217. The maximum Gasteiger partial charge on any atom is 0.255 e. The van der Waals surface area contributed by atoms with Crippen LogP contribution in [0.15, 0.2) is 66.9 Å². The number of hydrogen-bond donors (Lipinski definition) is 2. The third kappa shape index (κ3) is 5.58. The van der Waals surface area contributed by atoms with E-state index in [9.17, 15) is 4.79 Å². The van der Waals surface area contributed by atoms with Gasteiger partial charge in [-0.25, -0.2) is 4.98 Å². The third-order valence-electron chi connectivity index (χ3n) is 4.10. The standard InChI is InChI=1S/C23H25N3O2/c1-16(2)28-21-10-8-20(9-11-21)26-23(27)19-12-13-24-22(14-19)25-15-18-6-4-17(3)5-7-18/h4-14,16H,15H2,1-3H3,(H,24,25)(H,26,27). The molecular formula is C23H25N3O2. The summed E-state index contributed by atoms with van der Waals surface area (Å²) < 4.78 is 5.62. The van der Waals surface area contributed by atoms with Crippen LogP contribution in [0.2, 0.25) is 0 Å². The van der Waals surface area contributed by atoms with Crippen LogP contribution in [0.25, 0.3) is 0 Å². The summed E-state index contributed by atoms with van der Waals surface area (Å²) in [5.74, 6) is 1.26. The number of rotatable bonds is 7. The van der Waals surface area contributed by atoms with E-state index in [0.29, 0.717) is 23.6 Å². The monoisotopic (exact) mass is 375 g/mol. The summed E-state index contributed by atoms with van der Waals surface area (Å²) >= 11 is 0. The highest BCUT2D eigenvalue weighted by Gasteiger charge is 2.08. The number of carbonyl (C=O) groups excluding carboxylic acids is 1. The average molecular weight is 375 g/mol. The Labute approximate surface area is 165 Å². The molecule has 28 heavy (non-hydrogen) atoms. The number of ether oxygens (including phenoxy) is 1. The Morgan fingerprint density at radius 2 is 1.75 bits per heavy atom. The minimum Gasteiger partial charge on any atom is -0.491 e. The highest BCUT2D eigenvalue weighted by molar-refractivity contribution is 6.04. The number of nitrogens with one attached hydrogen (secondary N) is 2. The fourth-order valence-corrected chi connectivity index (χ4v) is 2.66. The van der Waals surface area contributed by atoms with E-state index in [4.69, 9.17) is 4.74 Å². The van der Waals surface area contributed by atoms with Gasteiger partial charge in [-0.05, 0) is 62.7 Å². The first-order valence-corrected chi connectivity index (χ1v) is 9.33. The normalized spacial score (nSPS) is 10.6. The zero-order valence-corrected chi connectivity index (χ0v) is 16.4. The second-order valence-corrected chi connectivity index (χ2v) is 6.91. The maximum atomic E-state index is 12.5. The van der Waals surface area contributed by atoms with Crippen molar-refractivity contribution in [2.24, 2.45) is 0 Å². The highest BCUT2D eigenvalue weighted by Crippen LogP contribution is 2.18. The molecule has 3 rings (SSSR count). The van der Waals surface area contributed by atoms with E-state index in [1.54, 1.807) is 18.3 Å². The highest BCUT2D eigenvalue weighted by atomic mass is 16.5. The molecule has 0 fully saturated rings. The molecule has 0 saturated carbocycles. The van der Waals surface area contributed by atoms with Crippen molar-refractivity contribution >= 4 is 17.4 Å². The van der Waals surface area contributed by atoms with Crippen molar-refractivity contribution in [2.75, 3.05) is 10.6 Å². The summed E-state index contributed by atoms with van der Waals surface area (Å²) in [6, 6.07) is 19.1. The molecule has 1 aromatic heterocycles. The molecule has 144 valence electrons. The molecule has 1 heterocycles. The Bertz CT molecular complexity index is 919. The summed E-state index contributed by atoms with van der Waals surface area (Å²) in [6.07, 6.45) is 1.74. The van der Waals surface area contributed by atoms with E-state index < -0.39 is 0 Å². The van der Waals surface area contributed by atoms with Crippen molar-refractivity contribution in [2.45, 2.75) is 33.4 Å². The third-order valence-corrected chi connectivity index (χ3v) is 4.10. The van der Waals surface area contributed by atoms with Crippen molar-refractivity contribution in [3.8, 4) is 5.75 Å². The number of aryl methyl sites for hydroxylation is 1. The molecular weight excluding hydrogens is 350 g/mol. The number of hydrogen-bond acceptors (Lipinski definition) is 4. The Hall–Kier alpha value is -3.34. The molecule has 0 aliphatic carbocycles. The molecule has 2 N–H and O–H groups in total. The van der Waals surface area contributed by atoms with E-state index in [0.717, 1.165) is 11.3 Å². The van der Waals surface area contributed by atoms with Gasteiger partial charge in [0.1, 0.15) is 11.6 Å². The largest absolute Gasteiger partial charge is 0.491 e. The van der Waals surface area contributed by atoms with Gasteiger partial charge in [-0.2, -0.15) is 0 Å². The quantitative estimate of drug-likeness (QED) is 0.607. The van der Waals surface area contributed by atoms with Crippen LogP contribution in [0.1, 0.15) is 35.3 Å². The number of amides is 1. The van der Waals surface area contributed by atoms with Crippen LogP contribution in [-0.2, 0) is 6.54 Å². The van der Waals surface area contributed by atoms with E-state index >= 15 is 0 Å². The lowest BCUT2D eigenvalue weighted by Crippen LogP contribution is -2.13. The number of pyridine rings is 1. The molecule has 5 nitrogen and oxygen atoms in total. The Morgan fingerprint density at radius 3 is 2.43 bits per heavy atom. The summed E-state index contributed by atoms with van der Waals surface area (Å²) in [7, 11) is 0. The van der Waals surface area contributed by atoms with Crippen molar-refractivity contribution in [1.29, 1.82) is 0 Å². The van der Waals surface area contributed by atoms with E-state index in [2.05, 4.69) is 46.8 Å². The number of aromatic nitrogens is 1. The molecule has 0 radical (unpaired) electrons. The summed E-state index contributed by atoms with van der Waals surface area (Å²) in [5.41, 5.74) is 3.64. The van der Waals surface area contributed by atoms with Gasteiger partial charge in [0.05, 0.1) is 6.10 Å². The molecule has 0 aliphatic heterocycles. The zero-order chi connectivity index (χ0) is 19.9. The first-order valence-electron chi connectivity index (χ1n) is 9.33. The predicted octanol–water partition coefficient (Wildman–Crippen LogP) is 5.04. The minimum absolute atomic E-state index is 0.114. The lowest BCUT2D eigenvalue weighted by Gasteiger charge is -2.11. The Morgan fingerprint density at radius 1 is 1.04 bits per heavy atom. The summed E-state index contributed by atoms with van der Waals surface area (Å²) in [6.45, 7) is 6.66. The SMILES string of the molecule is Cc1ccc(CNc2cc(C(=O)Nc3ccc(OC(C)C)cc3)ccn2)cc1. The first kappa shape index (κ1) is 19.4. The van der Waals surface area contributed by atoms with Crippen LogP contribution < -0.4 is 15.4 Å². The molecule has 2 aromatic carbocycles. The van der Waals surface area contributed by atoms with Crippen molar-refractivity contribution in [1.82, 2.24) is 4.98 Å². The van der Waals surface area contributed by atoms with Gasteiger partial charge >= 0.3 is 0 Å². The fourth-order valence-electron chi connectivity index (χ4n) is 2.66. The van der Waals surface area contributed by atoms with Crippen LogP contribution in [0.5, 0.6) is 5.75 Å². The van der Waals surface area contributed by atoms with Crippen molar-refractivity contribution in [3.63, 3.8) is 0 Å². The lowest BCUT2D eigenvalue weighted by atomic mass is 10.1. The van der Waals surface area contributed by atoms with Gasteiger partial charge in [0, 0.05) is 24.0 Å². The van der Waals surface area contributed by atoms with Gasteiger partial charge in [-0.15, -0.1) is 0 Å². The smallest absolute Gasteiger partial charge is 0.255 e. The molecule has 0 spiro atoms. The van der Waals surface area contributed by atoms with Crippen LogP contribution >= 0.6 is 0 Å². The minimum atomic E-state index is -0.182. The molecule has 3 aromatic rings. The van der Waals surface area contributed by atoms with Gasteiger partial charge in [-0.1, -0.05) is 29.8 Å². The molecule has 5 heteroatoms. The van der Waals surface area contributed by atoms with Gasteiger partial charge in [-0.3, -0.25) is 4.79 Å².